The van der Waals surface area contributed by atoms with Crippen LogP contribution in [0.15, 0.2) is 78.9 Å². The van der Waals surface area contributed by atoms with E-state index in [2.05, 4.69) is 30.9 Å². The predicted octanol–water partition coefficient (Wildman–Crippen LogP) is 5.85. The lowest BCUT2D eigenvalue weighted by Crippen LogP contribution is -2.39. The molecule has 0 spiro atoms. The van der Waals surface area contributed by atoms with E-state index in [1.54, 1.807) is 19.2 Å². The lowest BCUT2D eigenvalue weighted by molar-refractivity contribution is 0.0703. The van der Waals surface area contributed by atoms with Crippen LogP contribution in [0.5, 0.6) is 5.75 Å². The number of ether oxygens (including phenoxy) is 1. The molecule has 2 unspecified atom stereocenters. The molecular formula is C30H35FN2O2. The molecule has 0 N–H and O–H groups in total. The molecule has 1 amide bonds. The van der Waals surface area contributed by atoms with E-state index >= 15 is 0 Å². The molecule has 1 aliphatic heterocycles. The maximum absolute atomic E-state index is 14.2. The van der Waals surface area contributed by atoms with Gasteiger partial charge in [-0.2, -0.15) is 0 Å². The van der Waals surface area contributed by atoms with Gasteiger partial charge >= 0.3 is 0 Å². The van der Waals surface area contributed by atoms with E-state index in [-0.39, 0.29) is 23.6 Å². The molecule has 1 aliphatic rings. The highest BCUT2D eigenvalue weighted by Crippen LogP contribution is 2.35. The van der Waals surface area contributed by atoms with E-state index in [1.807, 2.05) is 53.4 Å². The van der Waals surface area contributed by atoms with Crippen LogP contribution in [0.1, 0.15) is 41.3 Å². The van der Waals surface area contributed by atoms with Crippen LogP contribution < -0.4 is 4.74 Å². The zero-order valence-electron chi connectivity index (χ0n) is 20.9. The smallest absolute Gasteiger partial charge is 0.253 e. The molecule has 1 saturated heterocycles. The number of amides is 1. The summed E-state index contributed by atoms with van der Waals surface area (Å²) >= 11 is 0. The third-order valence-electron chi connectivity index (χ3n) is 6.71. The third kappa shape index (κ3) is 6.49. The zero-order chi connectivity index (χ0) is 24.8. The average Bonchev–Trinajstić information content (AvgIpc) is 3.26. The summed E-state index contributed by atoms with van der Waals surface area (Å²) in [6.45, 7) is 8.10. The number of methoxy groups -OCH3 is 1. The predicted molar refractivity (Wildman–Crippen MR) is 138 cm³/mol. The van der Waals surface area contributed by atoms with Gasteiger partial charge in [-0.3, -0.25) is 9.69 Å². The molecule has 184 valence electrons. The first-order valence-corrected chi connectivity index (χ1v) is 12.4. The van der Waals surface area contributed by atoms with Gasteiger partial charge in [0.15, 0.2) is 0 Å². The van der Waals surface area contributed by atoms with Gasteiger partial charge in [-0.1, -0.05) is 56.3 Å². The van der Waals surface area contributed by atoms with Gasteiger partial charge in [-0.15, -0.1) is 0 Å². The van der Waals surface area contributed by atoms with E-state index in [9.17, 15) is 9.18 Å². The summed E-state index contributed by atoms with van der Waals surface area (Å²) in [5, 5.41) is 0. The minimum absolute atomic E-state index is 0.0610. The van der Waals surface area contributed by atoms with Crippen molar-refractivity contribution in [2.75, 3.05) is 33.3 Å². The highest BCUT2D eigenvalue weighted by atomic mass is 19.1. The number of likely N-dealkylation sites (tertiary alicyclic amines) is 1. The Morgan fingerprint density at radius 1 is 1.03 bits per heavy atom. The normalized spacial score (nSPS) is 18.1. The van der Waals surface area contributed by atoms with Gasteiger partial charge < -0.3 is 9.64 Å². The highest BCUT2D eigenvalue weighted by Gasteiger charge is 2.36. The summed E-state index contributed by atoms with van der Waals surface area (Å²) in [4.78, 5) is 17.9. The van der Waals surface area contributed by atoms with E-state index in [0.29, 0.717) is 24.6 Å². The Kier molecular flexibility index (Phi) is 8.19. The zero-order valence-corrected chi connectivity index (χ0v) is 20.9. The first-order valence-electron chi connectivity index (χ1n) is 12.4. The molecule has 4 rings (SSSR count). The molecule has 1 fully saturated rings. The van der Waals surface area contributed by atoms with Crippen molar-refractivity contribution in [1.29, 1.82) is 0 Å². The fourth-order valence-electron chi connectivity index (χ4n) is 5.11. The van der Waals surface area contributed by atoms with Crippen molar-refractivity contribution in [2.24, 2.45) is 11.8 Å². The molecule has 35 heavy (non-hydrogen) atoms. The molecule has 3 aromatic carbocycles. The second kappa shape index (κ2) is 11.5. The Morgan fingerprint density at radius 3 is 2.43 bits per heavy atom. The van der Waals surface area contributed by atoms with Gasteiger partial charge in [-0.05, 0) is 59.4 Å². The fourth-order valence-corrected chi connectivity index (χ4v) is 5.11. The second-order valence-electron chi connectivity index (χ2n) is 9.93. The SMILES string of the molecule is COc1ccc(CN2CC(CN(CC(C)C)C(=O)c3ccccc3)C(c3cccc(F)c3)C2)cc1. The average molecular weight is 475 g/mol. The van der Waals surface area contributed by atoms with Gasteiger partial charge in [-0.25, -0.2) is 4.39 Å². The van der Waals surface area contributed by atoms with Crippen LogP contribution in [-0.2, 0) is 6.54 Å². The van der Waals surface area contributed by atoms with Crippen LogP contribution in [0.25, 0.3) is 0 Å². The summed E-state index contributed by atoms with van der Waals surface area (Å²) in [7, 11) is 1.67. The molecule has 2 atom stereocenters. The highest BCUT2D eigenvalue weighted by molar-refractivity contribution is 5.94. The minimum atomic E-state index is -0.214. The molecule has 5 heteroatoms. The van der Waals surface area contributed by atoms with Crippen molar-refractivity contribution >= 4 is 5.91 Å². The fraction of sp³-hybridized carbons (Fsp3) is 0.367. The summed E-state index contributed by atoms with van der Waals surface area (Å²) < 4.78 is 19.4. The molecular weight excluding hydrogens is 439 g/mol. The van der Waals surface area contributed by atoms with Crippen molar-refractivity contribution in [1.82, 2.24) is 9.80 Å². The maximum Gasteiger partial charge on any atom is 0.253 e. The monoisotopic (exact) mass is 474 g/mol. The number of benzene rings is 3. The summed E-state index contributed by atoms with van der Waals surface area (Å²) in [5.41, 5.74) is 2.93. The standard InChI is InChI=1S/C30H35FN2O2/c1-22(2)17-33(30(34)24-8-5-4-6-9-24)20-26-19-32(18-23-12-14-28(35-3)15-13-23)21-29(26)25-10-7-11-27(31)16-25/h4-16,22,26,29H,17-21H2,1-3H3. The van der Waals surface area contributed by atoms with Crippen LogP contribution in [0, 0.1) is 17.7 Å². The first kappa shape index (κ1) is 24.9. The maximum atomic E-state index is 14.2. The van der Waals surface area contributed by atoms with Crippen LogP contribution in [-0.4, -0.2) is 49.0 Å². The Morgan fingerprint density at radius 2 is 1.77 bits per heavy atom. The molecule has 0 radical (unpaired) electrons. The van der Waals surface area contributed by atoms with Crippen LogP contribution in [0.2, 0.25) is 0 Å². The van der Waals surface area contributed by atoms with Crippen molar-refractivity contribution in [3.05, 3.63) is 101 Å². The Balaban J connectivity index is 1.57. The van der Waals surface area contributed by atoms with Crippen molar-refractivity contribution in [2.45, 2.75) is 26.3 Å². The van der Waals surface area contributed by atoms with E-state index in [0.717, 1.165) is 30.9 Å². The quantitative estimate of drug-likeness (QED) is 0.390. The largest absolute Gasteiger partial charge is 0.497 e. The van der Waals surface area contributed by atoms with Gasteiger partial charge in [0, 0.05) is 44.2 Å². The van der Waals surface area contributed by atoms with Crippen molar-refractivity contribution < 1.29 is 13.9 Å². The summed E-state index contributed by atoms with van der Waals surface area (Å²) in [6, 6.07) is 24.6. The second-order valence-corrected chi connectivity index (χ2v) is 9.93. The Bertz CT molecular complexity index is 1100. The number of halogens is 1. The summed E-state index contributed by atoms with van der Waals surface area (Å²) in [5.74, 6) is 1.41. The Hall–Kier alpha value is -3.18. The summed E-state index contributed by atoms with van der Waals surface area (Å²) in [6.07, 6.45) is 0. The van der Waals surface area contributed by atoms with E-state index in [4.69, 9.17) is 4.74 Å². The molecule has 0 aromatic heterocycles. The minimum Gasteiger partial charge on any atom is -0.497 e. The first-order chi connectivity index (χ1) is 16.9. The van der Waals surface area contributed by atoms with E-state index < -0.39 is 0 Å². The Labute approximate surface area is 208 Å². The molecule has 0 saturated carbocycles. The van der Waals surface area contributed by atoms with Crippen molar-refractivity contribution in [3.8, 4) is 5.75 Å². The molecule has 1 heterocycles. The topological polar surface area (TPSA) is 32.8 Å². The molecule has 4 nitrogen and oxygen atoms in total. The lowest BCUT2D eigenvalue weighted by atomic mass is 9.88. The number of nitrogens with zero attached hydrogens (tertiary/aromatic N) is 2. The lowest BCUT2D eigenvalue weighted by Gasteiger charge is -2.30. The molecule has 0 bridgehead atoms. The van der Waals surface area contributed by atoms with Crippen LogP contribution >= 0.6 is 0 Å². The number of carbonyl (C=O) groups excluding carboxylic acids is 1. The van der Waals surface area contributed by atoms with Gasteiger partial charge in [0.1, 0.15) is 11.6 Å². The van der Waals surface area contributed by atoms with Crippen molar-refractivity contribution in [3.63, 3.8) is 0 Å². The van der Waals surface area contributed by atoms with Gasteiger partial charge in [0.2, 0.25) is 0 Å². The van der Waals surface area contributed by atoms with Crippen LogP contribution in [0.3, 0.4) is 0 Å². The molecule has 3 aromatic rings. The van der Waals surface area contributed by atoms with Crippen LogP contribution in [0.4, 0.5) is 4.39 Å². The number of hydrogen-bond acceptors (Lipinski definition) is 3. The van der Waals surface area contributed by atoms with E-state index in [1.165, 1.54) is 11.6 Å². The van der Waals surface area contributed by atoms with Gasteiger partial charge in [0.25, 0.3) is 5.91 Å². The number of carbonyl (C=O) groups is 1. The third-order valence-corrected chi connectivity index (χ3v) is 6.71. The number of hydrogen-bond donors (Lipinski definition) is 0. The molecule has 0 aliphatic carbocycles. The number of rotatable bonds is 9. The van der Waals surface area contributed by atoms with Gasteiger partial charge in [0.05, 0.1) is 7.11 Å².